The van der Waals surface area contributed by atoms with Crippen molar-refractivity contribution in [2.45, 2.75) is 31.5 Å². The number of alkyl halides is 3. The van der Waals surface area contributed by atoms with E-state index in [1.807, 2.05) is 0 Å². The van der Waals surface area contributed by atoms with Crippen LogP contribution >= 0.6 is 0 Å². The summed E-state index contributed by atoms with van der Waals surface area (Å²) < 4.78 is 40.7. The van der Waals surface area contributed by atoms with E-state index in [0.29, 0.717) is 6.42 Å². The Morgan fingerprint density at radius 2 is 2.13 bits per heavy atom. The first-order valence-electron chi connectivity index (χ1n) is 6.93. The lowest BCUT2D eigenvalue weighted by atomic mass is 10.0. The molecular formula is C12H13F3N6O2. The number of aryl methyl sites for hydroxylation is 1. The van der Waals surface area contributed by atoms with Crippen LogP contribution in [0.3, 0.4) is 0 Å². The predicted molar refractivity (Wildman–Crippen MR) is 70.7 cm³/mol. The van der Waals surface area contributed by atoms with E-state index < -0.39 is 29.7 Å². The van der Waals surface area contributed by atoms with Gasteiger partial charge >= 0.3 is 11.9 Å². The molecule has 2 unspecified atom stereocenters. The third kappa shape index (κ3) is 2.66. The van der Waals surface area contributed by atoms with Gasteiger partial charge in [0.15, 0.2) is 11.3 Å². The molecule has 0 aliphatic heterocycles. The fourth-order valence-electron chi connectivity index (χ4n) is 2.80. The standard InChI is InChI=1S/C12H13F3N6O2/c1-20-11(23)21-5-16-8(9(21)18-19-20)10(22)17-7-4-2-3-6(7)12(13,14)15/h5-7H,2-4H2,1H3,(H,17,22). The van der Waals surface area contributed by atoms with E-state index in [0.717, 1.165) is 15.4 Å². The van der Waals surface area contributed by atoms with Gasteiger partial charge in [-0.2, -0.15) is 17.9 Å². The van der Waals surface area contributed by atoms with E-state index in [4.69, 9.17) is 0 Å². The van der Waals surface area contributed by atoms with Gasteiger partial charge in [-0.3, -0.25) is 4.79 Å². The highest BCUT2D eigenvalue weighted by molar-refractivity contribution is 5.98. The summed E-state index contributed by atoms with van der Waals surface area (Å²) >= 11 is 0. The van der Waals surface area contributed by atoms with E-state index in [1.165, 1.54) is 7.05 Å². The van der Waals surface area contributed by atoms with Gasteiger partial charge in [0, 0.05) is 13.1 Å². The summed E-state index contributed by atoms with van der Waals surface area (Å²) in [6, 6.07) is -1.00. The highest BCUT2D eigenvalue weighted by Gasteiger charge is 2.47. The Bertz CT molecular complexity index is 811. The van der Waals surface area contributed by atoms with Crippen LogP contribution in [-0.4, -0.2) is 42.5 Å². The van der Waals surface area contributed by atoms with Crippen molar-refractivity contribution in [2.75, 3.05) is 0 Å². The number of rotatable bonds is 2. The second-order valence-corrected chi connectivity index (χ2v) is 5.44. The second-order valence-electron chi connectivity index (χ2n) is 5.44. The van der Waals surface area contributed by atoms with Gasteiger partial charge in [0.1, 0.15) is 6.33 Å². The number of imidazole rings is 1. The second kappa shape index (κ2) is 5.32. The van der Waals surface area contributed by atoms with Crippen LogP contribution in [0.5, 0.6) is 0 Å². The quantitative estimate of drug-likeness (QED) is 0.854. The third-order valence-electron chi connectivity index (χ3n) is 3.97. The van der Waals surface area contributed by atoms with Gasteiger partial charge in [0.2, 0.25) is 0 Å². The molecule has 1 aliphatic rings. The number of fused-ring (bicyclic) bond motifs is 1. The van der Waals surface area contributed by atoms with Crippen LogP contribution in [0, 0.1) is 5.92 Å². The van der Waals surface area contributed by atoms with E-state index in [-0.39, 0.29) is 24.2 Å². The largest absolute Gasteiger partial charge is 0.393 e. The van der Waals surface area contributed by atoms with E-state index in [9.17, 15) is 22.8 Å². The molecule has 1 N–H and O–H groups in total. The van der Waals surface area contributed by atoms with E-state index >= 15 is 0 Å². The smallest absolute Gasteiger partial charge is 0.347 e. The van der Waals surface area contributed by atoms with Crippen molar-refractivity contribution in [3.63, 3.8) is 0 Å². The fourth-order valence-corrected chi connectivity index (χ4v) is 2.80. The number of carbonyl (C=O) groups is 1. The molecule has 1 amide bonds. The Kier molecular flexibility index (Phi) is 3.57. The van der Waals surface area contributed by atoms with Crippen LogP contribution in [0.1, 0.15) is 29.8 Å². The predicted octanol–water partition coefficient (Wildman–Crippen LogP) is 0.284. The zero-order valence-corrected chi connectivity index (χ0v) is 12.0. The number of carbonyl (C=O) groups excluding carboxylic acids is 1. The van der Waals surface area contributed by atoms with Crippen molar-refractivity contribution in [3.8, 4) is 0 Å². The molecule has 0 spiro atoms. The summed E-state index contributed by atoms with van der Waals surface area (Å²) in [5.41, 5.74) is -0.870. The zero-order chi connectivity index (χ0) is 16.8. The molecular weight excluding hydrogens is 317 g/mol. The van der Waals surface area contributed by atoms with Crippen LogP contribution in [0.4, 0.5) is 13.2 Å². The normalized spacial score (nSPS) is 21.7. The lowest BCUT2D eigenvalue weighted by Crippen LogP contribution is -2.43. The number of aromatic nitrogens is 5. The molecule has 3 rings (SSSR count). The minimum atomic E-state index is -4.36. The molecule has 8 nitrogen and oxygen atoms in total. The average molecular weight is 330 g/mol. The number of hydrogen-bond donors (Lipinski definition) is 1. The van der Waals surface area contributed by atoms with Gasteiger partial charge in [-0.15, -0.1) is 5.10 Å². The summed E-state index contributed by atoms with van der Waals surface area (Å²) in [6.45, 7) is 0. The molecule has 0 saturated heterocycles. The van der Waals surface area contributed by atoms with Gasteiger partial charge in [-0.05, 0) is 12.8 Å². The molecule has 1 saturated carbocycles. The lowest BCUT2D eigenvalue weighted by Gasteiger charge is -2.22. The zero-order valence-electron chi connectivity index (χ0n) is 12.0. The maximum atomic E-state index is 12.9. The fraction of sp³-hybridized carbons (Fsp3) is 0.583. The molecule has 0 aromatic carbocycles. The highest BCUT2D eigenvalue weighted by Crippen LogP contribution is 2.39. The maximum absolute atomic E-state index is 12.9. The summed E-state index contributed by atoms with van der Waals surface area (Å²) in [5, 5.41) is 9.59. The Morgan fingerprint density at radius 3 is 2.83 bits per heavy atom. The minimum absolute atomic E-state index is 0.0151. The average Bonchev–Trinajstić information content (AvgIpc) is 3.08. The molecule has 124 valence electrons. The van der Waals surface area contributed by atoms with Gasteiger partial charge in [-0.25, -0.2) is 14.2 Å². The first-order chi connectivity index (χ1) is 10.8. The van der Waals surface area contributed by atoms with Gasteiger partial charge in [0.25, 0.3) is 5.91 Å². The number of hydrogen-bond acceptors (Lipinski definition) is 5. The van der Waals surface area contributed by atoms with Crippen molar-refractivity contribution in [2.24, 2.45) is 13.0 Å². The number of halogens is 3. The number of nitrogens with one attached hydrogen (secondary N) is 1. The lowest BCUT2D eigenvalue weighted by molar-refractivity contribution is -0.177. The summed E-state index contributed by atoms with van der Waals surface area (Å²) in [6.07, 6.45) is -2.65. The van der Waals surface area contributed by atoms with Crippen molar-refractivity contribution < 1.29 is 18.0 Å². The molecule has 11 heteroatoms. The minimum Gasteiger partial charge on any atom is -0.347 e. The Balaban J connectivity index is 1.87. The molecule has 2 aromatic heterocycles. The van der Waals surface area contributed by atoms with Crippen molar-refractivity contribution >= 4 is 11.6 Å². The monoisotopic (exact) mass is 330 g/mol. The van der Waals surface area contributed by atoms with Crippen molar-refractivity contribution in [1.29, 1.82) is 0 Å². The van der Waals surface area contributed by atoms with Crippen LogP contribution in [0.2, 0.25) is 0 Å². The maximum Gasteiger partial charge on any atom is 0.393 e. The molecule has 2 aromatic rings. The first-order valence-corrected chi connectivity index (χ1v) is 6.93. The summed E-state index contributed by atoms with van der Waals surface area (Å²) in [4.78, 5) is 27.8. The van der Waals surface area contributed by atoms with Crippen molar-refractivity contribution in [1.82, 2.24) is 29.7 Å². The van der Waals surface area contributed by atoms with Gasteiger partial charge < -0.3 is 5.32 Å². The number of nitrogens with zero attached hydrogens (tertiary/aromatic N) is 5. The Labute approximate surface area is 127 Å². The first kappa shape index (κ1) is 15.4. The van der Waals surface area contributed by atoms with Gasteiger partial charge in [0.05, 0.1) is 5.92 Å². The topological polar surface area (TPSA) is 94.2 Å². The Morgan fingerprint density at radius 1 is 1.39 bits per heavy atom. The molecule has 2 atom stereocenters. The van der Waals surface area contributed by atoms with Crippen LogP contribution < -0.4 is 11.0 Å². The highest BCUT2D eigenvalue weighted by atomic mass is 19.4. The molecule has 2 heterocycles. The van der Waals surface area contributed by atoms with E-state index in [2.05, 4.69) is 20.6 Å². The SMILES string of the molecule is Cn1nnc2c(C(=O)NC3CCCC3C(F)(F)F)ncn2c1=O. The Hall–Kier alpha value is -2.46. The van der Waals surface area contributed by atoms with Crippen LogP contribution in [-0.2, 0) is 7.05 Å². The third-order valence-corrected chi connectivity index (χ3v) is 3.97. The molecule has 0 radical (unpaired) electrons. The van der Waals surface area contributed by atoms with E-state index in [1.54, 1.807) is 0 Å². The molecule has 23 heavy (non-hydrogen) atoms. The number of amides is 1. The van der Waals surface area contributed by atoms with Crippen LogP contribution in [0.15, 0.2) is 11.1 Å². The summed E-state index contributed by atoms with van der Waals surface area (Å²) in [7, 11) is 1.38. The van der Waals surface area contributed by atoms with Gasteiger partial charge in [-0.1, -0.05) is 11.6 Å². The van der Waals surface area contributed by atoms with Crippen LogP contribution in [0.25, 0.3) is 5.65 Å². The molecule has 0 bridgehead atoms. The van der Waals surface area contributed by atoms with Crippen molar-refractivity contribution in [3.05, 3.63) is 22.5 Å². The molecule has 1 aliphatic carbocycles. The summed E-state index contributed by atoms with van der Waals surface area (Å²) in [5.74, 6) is -2.37. The molecule has 1 fully saturated rings.